The second-order valence-corrected chi connectivity index (χ2v) is 8.04. The Morgan fingerprint density at radius 1 is 1.18 bits per heavy atom. The average Bonchev–Trinajstić information content (AvgIpc) is 3.18. The smallest absolute Gasteiger partial charge is 0.320 e. The number of aromatic nitrogens is 2. The van der Waals surface area contributed by atoms with Gasteiger partial charge in [0, 0.05) is 57.5 Å². The van der Waals surface area contributed by atoms with E-state index in [0.29, 0.717) is 58.8 Å². The minimum atomic E-state index is -0.622. The zero-order valence-corrected chi connectivity index (χ0v) is 16.6. The van der Waals surface area contributed by atoms with Crippen LogP contribution in [0.5, 0.6) is 0 Å². The van der Waals surface area contributed by atoms with Crippen LogP contribution < -0.4 is 5.32 Å². The molecule has 1 aromatic heterocycles. The first-order valence-corrected chi connectivity index (χ1v) is 10.1. The Morgan fingerprint density at radius 2 is 1.86 bits per heavy atom. The molecular weight excluding hydrogens is 362 g/mol. The minimum Gasteiger partial charge on any atom is -0.378 e. The second kappa shape index (κ2) is 7.71. The maximum Gasteiger partial charge on any atom is 0.320 e. The van der Waals surface area contributed by atoms with Crippen molar-refractivity contribution >= 4 is 11.9 Å². The van der Waals surface area contributed by atoms with Crippen LogP contribution >= 0.6 is 0 Å². The molecular formula is C19H29N5O4. The molecule has 9 heteroatoms. The van der Waals surface area contributed by atoms with E-state index < -0.39 is 11.7 Å². The van der Waals surface area contributed by atoms with Crippen molar-refractivity contribution in [3.63, 3.8) is 0 Å². The molecule has 0 aliphatic carbocycles. The summed E-state index contributed by atoms with van der Waals surface area (Å²) in [6.45, 7) is 7.98. The van der Waals surface area contributed by atoms with Crippen LogP contribution in [0.3, 0.4) is 0 Å². The number of urea groups is 1. The Labute approximate surface area is 165 Å². The van der Waals surface area contributed by atoms with Gasteiger partial charge in [-0.3, -0.25) is 4.79 Å². The van der Waals surface area contributed by atoms with Crippen molar-refractivity contribution in [2.24, 2.45) is 0 Å². The van der Waals surface area contributed by atoms with Crippen molar-refractivity contribution in [2.75, 3.05) is 39.4 Å². The molecule has 2 fully saturated rings. The number of morpholine rings is 1. The lowest BCUT2D eigenvalue weighted by Crippen LogP contribution is -2.57. The number of carbonyl (C=O) groups excluding carboxylic acids is 2. The highest BCUT2D eigenvalue weighted by atomic mass is 16.5. The van der Waals surface area contributed by atoms with Crippen molar-refractivity contribution < 1.29 is 19.1 Å². The van der Waals surface area contributed by atoms with E-state index in [9.17, 15) is 9.59 Å². The molecule has 154 valence electrons. The first kappa shape index (κ1) is 19.2. The van der Waals surface area contributed by atoms with Gasteiger partial charge in [0.05, 0.1) is 19.8 Å². The summed E-state index contributed by atoms with van der Waals surface area (Å²) >= 11 is 0. The molecule has 0 aromatic carbocycles. The van der Waals surface area contributed by atoms with E-state index in [2.05, 4.69) is 10.3 Å². The van der Waals surface area contributed by atoms with Gasteiger partial charge in [-0.2, -0.15) is 0 Å². The molecule has 1 unspecified atom stereocenters. The van der Waals surface area contributed by atoms with Crippen molar-refractivity contribution in [3.8, 4) is 0 Å². The van der Waals surface area contributed by atoms with Gasteiger partial charge in [0.2, 0.25) is 0 Å². The summed E-state index contributed by atoms with van der Waals surface area (Å²) in [5.41, 5.74) is -0.622. The Hall–Kier alpha value is -2.13. The number of carbonyl (C=O) groups is 2. The van der Waals surface area contributed by atoms with E-state index >= 15 is 0 Å². The second-order valence-electron chi connectivity index (χ2n) is 8.04. The third-order valence-electron chi connectivity index (χ3n) is 5.70. The number of nitrogens with one attached hydrogen (secondary N) is 1. The van der Waals surface area contributed by atoms with Crippen LogP contribution in [-0.2, 0) is 26.4 Å². The highest BCUT2D eigenvalue weighted by Crippen LogP contribution is 2.40. The van der Waals surface area contributed by atoms with E-state index in [0.717, 1.165) is 5.82 Å². The molecule has 4 rings (SSSR count). The fourth-order valence-electron chi connectivity index (χ4n) is 4.27. The van der Waals surface area contributed by atoms with Crippen LogP contribution in [0.25, 0.3) is 0 Å². The summed E-state index contributed by atoms with van der Waals surface area (Å²) < 4.78 is 13.7. The summed E-state index contributed by atoms with van der Waals surface area (Å²) in [5.74, 6) is 0.764. The topological polar surface area (TPSA) is 88.9 Å². The summed E-state index contributed by atoms with van der Waals surface area (Å²) in [6, 6.07) is 0.121. The maximum atomic E-state index is 12.8. The van der Waals surface area contributed by atoms with Crippen LogP contribution in [-0.4, -0.2) is 82.8 Å². The zero-order valence-electron chi connectivity index (χ0n) is 16.6. The summed E-state index contributed by atoms with van der Waals surface area (Å²) in [7, 11) is 0. The van der Waals surface area contributed by atoms with E-state index in [1.165, 1.54) is 0 Å². The van der Waals surface area contributed by atoms with E-state index in [1.54, 1.807) is 6.20 Å². The lowest BCUT2D eigenvalue weighted by atomic mass is 9.88. The number of amides is 3. The molecule has 0 bridgehead atoms. The number of likely N-dealkylation sites (tertiary alicyclic amines) is 1. The van der Waals surface area contributed by atoms with Crippen LogP contribution in [0, 0.1) is 0 Å². The third kappa shape index (κ3) is 3.60. The standard InChI is InChI=1S/C19H29N5O4/c1-14(2)21-16(25)15-13-24-8-5-20-17(24)19(28-15)3-6-22(7-4-19)18(26)23-9-11-27-12-10-23/h5,8,14-15H,3-4,6-7,9-13H2,1-2H3,(H,21,25). The number of hydrogen-bond acceptors (Lipinski definition) is 5. The molecule has 0 saturated carbocycles. The van der Waals surface area contributed by atoms with Crippen molar-refractivity contribution in [1.82, 2.24) is 24.7 Å². The monoisotopic (exact) mass is 391 g/mol. The molecule has 2 saturated heterocycles. The summed E-state index contributed by atoms with van der Waals surface area (Å²) in [5, 5.41) is 2.95. The largest absolute Gasteiger partial charge is 0.378 e. The first-order chi connectivity index (χ1) is 13.5. The molecule has 3 aliphatic heterocycles. The molecule has 1 aromatic rings. The van der Waals surface area contributed by atoms with Crippen LogP contribution in [0.15, 0.2) is 12.4 Å². The highest BCUT2D eigenvalue weighted by molar-refractivity contribution is 5.81. The number of ether oxygens (including phenoxy) is 2. The van der Waals surface area contributed by atoms with Gasteiger partial charge in [0.1, 0.15) is 11.4 Å². The van der Waals surface area contributed by atoms with Gasteiger partial charge in [0.15, 0.2) is 6.10 Å². The molecule has 3 amide bonds. The molecule has 28 heavy (non-hydrogen) atoms. The third-order valence-corrected chi connectivity index (χ3v) is 5.70. The van der Waals surface area contributed by atoms with Gasteiger partial charge in [-0.05, 0) is 13.8 Å². The van der Waals surface area contributed by atoms with Crippen LogP contribution in [0.2, 0.25) is 0 Å². The average molecular weight is 391 g/mol. The molecule has 0 radical (unpaired) electrons. The number of imidazole rings is 1. The number of fused-ring (bicyclic) bond motifs is 2. The number of rotatable bonds is 2. The Balaban J connectivity index is 1.47. The molecule has 9 nitrogen and oxygen atoms in total. The van der Waals surface area contributed by atoms with Gasteiger partial charge in [-0.25, -0.2) is 9.78 Å². The van der Waals surface area contributed by atoms with Crippen molar-refractivity contribution in [2.45, 2.75) is 51.0 Å². The van der Waals surface area contributed by atoms with Gasteiger partial charge in [-0.1, -0.05) is 0 Å². The summed E-state index contributed by atoms with van der Waals surface area (Å²) in [6.07, 6.45) is 4.37. The van der Waals surface area contributed by atoms with E-state index in [1.807, 2.05) is 34.4 Å². The molecule has 1 atom stereocenters. The fourth-order valence-corrected chi connectivity index (χ4v) is 4.27. The van der Waals surface area contributed by atoms with Gasteiger partial charge >= 0.3 is 6.03 Å². The highest BCUT2D eigenvalue weighted by Gasteiger charge is 2.48. The van der Waals surface area contributed by atoms with E-state index in [4.69, 9.17) is 9.47 Å². The van der Waals surface area contributed by atoms with Crippen LogP contribution in [0.1, 0.15) is 32.5 Å². The maximum absolute atomic E-state index is 12.8. The zero-order chi connectivity index (χ0) is 19.7. The number of piperidine rings is 1. The SMILES string of the molecule is CC(C)NC(=O)C1Cn2ccnc2C2(CCN(C(=O)N3CCOCC3)CC2)O1. The molecule has 3 aliphatic rings. The van der Waals surface area contributed by atoms with Gasteiger partial charge < -0.3 is 29.2 Å². The predicted molar refractivity (Wildman–Crippen MR) is 101 cm³/mol. The van der Waals surface area contributed by atoms with Crippen LogP contribution in [0.4, 0.5) is 4.79 Å². The normalized spacial score (nSPS) is 24.3. The Kier molecular flexibility index (Phi) is 5.29. The van der Waals surface area contributed by atoms with Crippen molar-refractivity contribution in [3.05, 3.63) is 18.2 Å². The molecule has 1 N–H and O–H groups in total. The minimum absolute atomic E-state index is 0.0595. The first-order valence-electron chi connectivity index (χ1n) is 10.1. The number of hydrogen-bond donors (Lipinski definition) is 1. The predicted octanol–water partition coefficient (Wildman–Crippen LogP) is 0.550. The quantitative estimate of drug-likeness (QED) is 0.795. The fraction of sp³-hybridized carbons (Fsp3) is 0.737. The number of nitrogens with zero attached hydrogens (tertiary/aromatic N) is 4. The Morgan fingerprint density at radius 3 is 2.54 bits per heavy atom. The lowest BCUT2D eigenvalue weighted by molar-refractivity contribution is -0.172. The Bertz CT molecular complexity index is 720. The van der Waals surface area contributed by atoms with Gasteiger partial charge in [-0.15, -0.1) is 0 Å². The van der Waals surface area contributed by atoms with Crippen molar-refractivity contribution in [1.29, 1.82) is 0 Å². The summed E-state index contributed by atoms with van der Waals surface area (Å²) in [4.78, 5) is 33.6. The lowest BCUT2D eigenvalue weighted by Gasteiger charge is -2.46. The molecule has 4 heterocycles. The van der Waals surface area contributed by atoms with E-state index in [-0.39, 0.29) is 18.0 Å². The molecule has 1 spiro atoms. The van der Waals surface area contributed by atoms with Gasteiger partial charge in [0.25, 0.3) is 5.91 Å².